The van der Waals surface area contributed by atoms with Crippen LogP contribution in [0.4, 0.5) is 8.78 Å². The van der Waals surface area contributed by atoms with Crippen LogP contribution in [0.15, 0.2) is 47.4 Å². The Bertz CT molecular complexity index is 555. The second kappa shape index (κ2) is 6.17. The Hall–Kier alpha value is -1.39. The Morgan fingerprint density at radius 1 is 1.11 bits per heavy atom. The van der Waals surface area contributed by atoms with Crippen LogP contribution in [-0.4, -0.2) is 11.4 Å². The van der Waals surface area contributed by atoms with Crippen molar-refractivity contribution in [2.45, 2.75) is 17.4 Å². The van der Waals surface area contributed by atoms with Crippen LogP contribution >= 0.6 is 11.8 Å². The predicted molar refractivity (Wildman–Crippen MR) is 73.2 cm³/mol. The number of hydrogen-bond donors (Lipinski definition) is 1. The Morgan fingerprint density at radius 2 is 1.79 bits per heavy atom. The van der Waals surface area contributed by atoms with E-state index in [1.165, 1.54) is 12.1 Å². The second-order valence-electron chi connectivity index (χ2n) is 4.23. The van der Waals surface area contributed by atoms with Gasteiger partial charge in [0.15, 0.2) is 0 Å². The van der Waals surface area contributed by atoms with Crippen molar-refractivity contribution in [1.29, 1.82) is 0 Å². The summed E-state index contributed by atoms with van der Waals surface area (Å²) in [6, 6.07) is 10.8. The van der Waals surface area contributed by atoms with Gasteiger partial charge in [-0.3, -0.25) is 0 Å². The zero-order chi connectivity index (χ0) is 13.8. The molecule has 1 atom stereocenters. The summed E-state index contributed by atoms with van der Waals surface area (Å²) >= 11 is 1.61. The van der Waals surface area contributed by atoms with Gasteiger partial charge in [-0.1, -0.05) is 18.2 Å². The van der Waals surface area contributed by atoms with E-state index in [2.05, 4.69) is 0 Å². The van der Waals surface area contributed by atoms with Crippen molar-refractivity contribution in [3.63, 3.8) is 0 Å². The van der Waals surface area contributed by atoms with Crippen LogP contribution < -0.4 is 0 Å². The van der Waals surface area contributed by atoms with E-state index in [4.69, 9.17) is 0 Å². The molecule has 0 saturated heterocycles. The van der Waals surface area contributed by atoms with Crippen molar-refractivity contribution in [2.75, 3.05) is 6.26 Å². The Morgan fingerprint density at radius 3 is 2.37 bits per heavy atom. The average molecular weight is 280 g/mol. The number of benzene rings is 2. The van der Waals surface area contributed by atoms with Crippen molar-refractivity contribution < 1.29 is 13.9 Å². The van der Waals surface area contributed by atoms with Crippen LogP contribution in [0.2, 0.25) is 0 Å². The fraction of sp³-hybridized carbons (Fsp3) is 0.200. The molecule has 0 saturated carbocycles. The lowest BCUT2D eigenvalue weighted by atomic mass is 10.0. The molecule has 0 aliphatic heterocycles. The monoisotopic (exact) mass is 280 g/mol. The molecule has 19 heavy (non-hydrogen) atoms. The predicted octanol–water partition coefficient (Wildman–Crippen LogP) is 3.96. The first-order valence-electron chi connectivity index (χ1n) is 5.86. The number of aliphatic hydroxyl groups is 1. The molecule has 2 aromatic rings. The number of thioether (sulfide) groups is 1. The summed E-state index contributed by atoms with van der Waals surface area (Å²) in [6.07, 6.45) is 1.31. The lowest BCUT2D eigenvalue weighted by molar-refractivity contribution is 0.177. The molecule has 2 aromatic carbocycles. The first-order valence-corrected chi connectivity index (χ1v) is 7.08. The van der Waals surface area contributed by atoms with E-state index in [0.717, 1.165) is 16.5 Å². The molecule has 0 spiro atoms. The molecule has 1 unspecified atom stereocenters. The van der Waals surface area contributed by atoms with Gasteiger partial charge in [0.1, 0.15) is 11.6 Å². The summed E-state index contributed by atoms with van der Waals surface area (Å²) in [7, 11) is 0. The van der Waals surface area contributed by atoms with Crippen molar-refractivity contribution in [1.82, 2.24) is 0 Å². The van der Waals surface area contributed by atoms with Gasteiger partial charge in [-0.05, 0) is 35.6 Å². The average Bonchev–Trinajstić information content (AvgIpc) is 2.42. The fourth-order valence-electron chi connectivity index (χ4n) is 1.84. The molecule has 100 valence electrons. The number of halogens is 2. The molecule has 0 heterocycles. The number of aliphatic hydroxyl groups excluding tert-OH is 1. The maximum absolute atomic E-state index is 13.5. The van der Waals surface area contributed by atoms with Gasteiger partial charge in [0.25, 0.3) is 0 Å². The third kappa shape index (κ3) is 3.55. The minimum atomic E-state index is -0.795. The highest BCUT2D eigenvalue weighted by Crippen LogP contribution is 2.23. The van der Waals surface area contributed by atoms with Gasteiger partial charge in [-0.15, -0.1) is 11.8 Å². The highest BCUT2D eigenvalue weighted by Gasteiger charge is 2.12. The van der Waals surface area contributed by atoms with Crippen LogP contribution in [0.1, 0.15) is 17.2 Å². The quantitative estimate of drug-likeness (QED) is 0.855. The van der Waals surface area contributed by atoms with Gasteiger partial charge in [0.05, 0.1) is 6.10 Å². The van der Waals surface area contributed by atoms with Crippen LogP contribution in [0.25, 0.3) is 0 Å². The summed E-state index contributed by atoms with van der Waals surface area (Å²) < 4.78 is 26.3. The molecule has 0 amide bonds. The maximum atomic E-state index is 13.5. The summed E-state index contributed by atoms with van der Waals surface area (Å²) in [6.45, 7) is 0. The third-order valence-electron chi connectivity index (χ3n) is 2.93. The van der Waals surface area contributed by atoms with Crippen molar-refractivity contribution in [3.8, 4) is 0 Å². The zero-order valence-electron chi connectivity index (χ0n) is 10.4. The Balaban J connectivity index is 2.13. The van der Waals surface area contributed by atoms with Crippen molar-refractivity contribution in [2.24, 2.45) is 0 Å². The number of rotatable bonds is 4. The Kier molecular flexibility index (Phi) is 4.56. The summed E-state index contributed by atoms with van der Waals surface area (Å²) in [5.41, 5.74) is 1.03. The zero-order valence-corrected chi connectivity index (χ0v) is 11.3. The lowest BCUT2D eigenvalue weighted by Crippen LogP contribution is -2.03. The van der Waals surface area contributed by atoms with E-state index >= 15 is 0 Å². The molecule has 0 aliphatic carbocycles. The van der Waals surface area contributed by atoms with Crippen LogP contribution in [0, 0.1) is 11.6 Å². The first-order chi connectivity index (χ1) is 9.10. The van der Waals surface area contributed by atoms with Gasteiger partial charge < -0.3 is 5.11 Å². The van der Waals surface area contributed by atoms with Crippen molar-refractivity contribution in [3.05, 3.63) is 65.2 Å². The molecule has 4 heteroatoms. The molecule has 1 nitrogen and oxygen atoms in total. The third-order valence-corrected chi connectivity index (χ3v) is 3.67. The molecule has 2 rings (SSSR count). The first kappa shape index (κ1) is 14.0. The molecular formula is C15H14F2OS. The normalized spacial score (nSPS) is 12.4. The van der Waals surface area contributed by atoms with Crippen LogP contribution in [0.3, 0.4) is 0 Å². The standard InChI is InChI=1S/C15H14F2OS/c1-19-13-6-3-10(4-7-13)15(18)8-11-2-5-12(16)9-14(11)17/h2-7,9,15,18H,8H2,1H3. The minimum absolute atomic E-state index is 0.130. The van der Waals surface area contributed by atoms with Gasteiger partial charge in [-0.2, -0.15) is 0 Å². The van der Waals surface area contributed by atoms with Crippen molar-refractivity contribution >= 4 is 11.8 Å². The summed E-state index contributed by atoms with van der Waals surface area (Å²) in [5.74, 6) is -1.24. The van der Waals surface area contributed by atoms with E-state index in [0.29, 0.717) is 5.56 Å². The Labute approximate surface area is 115 Å². The minimum Gasteiger partial charge on any atom is -0.388 e. The topological polar surface area (TPSA) is 20.2 Å². The largest absolute Gasteiger partial charge is 0.388 e. The molecular weight excluding hydrogens is 266 g/mol. The fourth-order valence-corrected chi connectivity index (χ4v) is 2.25. The summed E-state index contributed by atoms with van der Waals surface area (Å²) in [4.78, 5) is 1.10. The molecule has 0 radical (unpaired) electrons. The SMILES string of the molecule is CSc1ccc(C(O)Cc2ccc(F)cc2F)cc1. The van der Waals surface area contributed by atoms with E-state index in [1.54, 1.807) is 11.8 Å². The second-order valence-corrected chi connectivity index (χ2v) is 5.11. The molecule has 0 aromatic heterocycles. The van der Waals surface area contributed by atoms with E-state index in [1.807, 2.05) is 30.5 Å². The molecule has 0 bridgehead atoms. The van der Waals surface area contributed by atoms with Gasteiger partial charge in [0.2, 0.25) is 0 Å². The molecule has 1 N–H and O–H groups in total. The van der Waals surface area contributed by atoms with Gasteiger partial charge >= 0.3 is 0 Å². The lowest BCUT2D eigenvalue weighted by Gasteiger charge is -2.12. The van der Waals surface area contributed by atoms with E-state index in [-0.39, 0.29) is 6.42 Å². The highest BCUT2D eigenvalue weighted by atomic mass is 32.2. The smallest absolute Gasteiger partial charge is 0.129 e. The van der Waals surface area contributed by atoms with Crippen LogP contribution in [-0.2, 0) is 6.42 Å². The van der Waals surface area contributed by atoms with Gasteiger partial charge in [0, 0.05) is 17.4 Å². The van der Waals surface area contributed by atoms with E-state index in [9.17, 15) is 13.9 Å². The highest BCUT2D eigenvalue weighted by molar-refractivity contribution is 7.98. The number of hydrogen-bond acceptors (Lipinski definition) is 2. The van der Waals surface area contributed by atoms with Gasteiger partial charge in [-0.25, -0.2) is 8.78 Å². The van der Waals surface area contributed by atoms with Crippen LogP contribution in [0.5, 0.6) is 0 Å². The summed E-state index contributed by atoms with van der Waals surface area (Å²) in [5, 5.41) is 10.1. The maximum Gasteiger partial charge on any atom is 0.129 e. The van der Waals surface area contributed by atoms with E-state index < -0.39 is 17.7 Å². The molecule has 0 fully saturated rings. The molecule has 0 aliphatic rings.